The Balaban J connectivity index is 1.81. The van der Waals surface area contributed by atoms with Crippen LogP contribution in [0.25, 0.3) is 0 Å². The van der Waals surface area contributed by atoms with Crippen molar-refractivity contribution < 1.29 is 43.2 Å². The lowest BCUT2D eigenvalue weighted by Gasteiger charge is -2.54. The molecular weight excluding hydrogens is 458 g/mol. The Kier molecular flexibility index (Phi) is 6.31. The SMILES string of the molecule is COC(=O)c1ccc([C@]2(O)C(=O)N(c3ccc(OC)cc3)[C@H]2[C@H]2COC(C)(C)O2)cc1C(=O)OC. The van der Waals surface area contributed by atoms with Gasteiger partial charge in [-0.15, -0.1) is 0 Å². The normalized spacial score (nSPS) is 25.1. The molecular formula is C25H27NO9. The average Bonchev–Trinajstić information content (AvgIpc) is 3.23. The Bertz CT molecular complexity index is 1160. The number of hydrogen-bond donors (Lipinski definition) is 1. The minimum Gasteiger partial charge on any atom is -0.497 e. The molecule has 2 aromatic rings. The highest BCUT2D eigenvalue weighted by Gasteiger charge is 2.66. The quantitative estimate of drug-likeness (QED) is 0.484. The lowest BCUT2D eigenvalue weighted by Crippen LogP contribution is -2.76. The first-order chi connectivity index (χ1) is 16.6. The van der Waals surface area contributed by atoms with Crippen molar-refractivity contribution in [1.29, 1.82) is 0 Å². The van der Waals surface area contributed by atoms with Crippen LogP contribution in [0.15, 0.2) is 42.5 Å². The molecule has 1 N–H and O–H groups in total. The Morgan fingerprint density at radius 1 is 1.00 bits per heavy atom. The van der Waals surface area contributed by atoms with Crippen LogP contribution in [-0.2, 0) is 29.3 Å². The largest absolute Gasteiger partial charge is 0.497 e. The molecule has 2 aromatic carbocycles. The third-order valence-electron chi connectivity index (χ3n) is 6.25. The number of carbonyl (C=O) groups excluding carboxylic acids is 3. The van der Waals surface area contributed by atoms with E-state index in [1.54, 1.807) is 38.1 Å². The molecule has 35 heavy (non-hydrogen) atoms. The molecule has 10 nitrogen and oxygen atoms in total. The Morgan fingerprint density at radius 2 is 1.63 bits per heavy atom. The summed E-state index contributed by atoms with van der Waals surface area (Å²) in [6.07, 6.45) is -0.684. The number of nitrogens with zero attached hydrogens (tertiary/aromatic N) is 1. The van der Waals surface area contributed by atoms with Gasteiger partial charge in [-0.3, -0.25) is 9.69 Å². The summed E-state index contributed by atoms with van der Waals surface area (Å²) in [5.41, 5.74) is -1.62. The van der Waals surface area contributed by atoms with E-state index in [1.807, 2.05) is 0 Å². The van der Waals surface area contributed by atoms with E-state index in [4.69, 9.17) is 23.7 Å². The van der Waals surface area contributed by atoms with Gasteiger partial charge in [0.25, 0.3) is 5.91 Å². The van der Waals surface area contributed by atoms with Crippen LogP contribution in [0.1, 0.15) is 40.1 Å². The Morgan fingerprint density at radius 3 is 2.17 bits per heavy atom. The molecule has 4 rings (SSSR count). The van der Waals surface area contributed by atoms with E-state index in [-0.39, 0.29) is 23.3 Å². The summed E-state index contributed by atoms with van der Waals surface area (Å²) < 4.78 is 26.5. The molecule has 0 spiro atoms. The number of methoxy groups -OCH3 is 3. The maximum atomic E-state index is 13.5. The molecule has 0 aliphatic carbocycles. The highest BCUT2D eigenvalue weighted by atomic mass is 16.7. The van der Waals surface area contributed by atoms with Crippen LogP contribution < -0.4 is 9.64 Å². The van der Waals surface area contributed by atoms with Crippen molar-refractivity contribution >= 4 is 23.5 Å². The topological polar surface area (TPSA) is 121 Å². The number of amides is 1. The molecule has 0 radical (unpaired) electrons. The zero-order valence-electron chi connectivity index (χ0n) is 20.1. The number of benzene rings is 2. The van der Waals surface area contributed by atoms with Crippen LogP contribution >= 0.6 is 0 Å². The molecule has 0 unspecified atom stereocenters. The first kappa shape index (κ1) is 24.6. The third-order valence-corrected chi connectivity index (χ3v) is 6.25. The molecule has 2 aliphatic rings. The molecule has 10 heteroatoms. The first-order valence-electron chi connectivity index (χ1n) is 10.9. The smallest absolute Gasteiger partial charge is 0.338 e. The monoisotopic (exact) mass is 485 g/mol. The summed E-state index contributed by atoms with van der Waals surface area (Å²) in [7, 11) is 3.88. The molecule has 0 aromatic heterocycles. The van der Waals surface area contributed by atoms with Crippen LogP contribution in [0.5, 0.6) is 5.75 Å². The first-order valence-corrected chi connectivity index (χ1v) is 10.9. The Hall–Kier alpha value is -3.47. The minimum absolute atomic E-state index is 0.0522. The second kappa shape index (κ2) is 8.95. The van der Waals surface area contributed by atoms with E-state index in [0.717, 1.165) is 0 Å². The van der Waals surface area contributed by atoms with Gasteiger partial charge in [0.2, 0.25) is 0 Å². The maximum Gasteiger partial charge on any atom is 0.338 e. The number of esters is 2. The molecule has 2 saturated heterocycles. The fraction of sp³-hybridized carbons (Fsp3) is 0.400. The van der Waals surface area contributed by atoms with Crippen LogP contribution in [-0.4, -0.2) is 68.8 Å². The van der Waals surface area contributed by atoms with Crippen LogP contribution in [0, 0.1) is 0 Å². The zero-order valence-corrected chi connectivity index (χ0v) is 20.1. The molecule has 3 atom stereocenters. The molecule has 0 saturated carbocycles. The van der Waals surface area contributed by atoms with Gasteiger partial charge in [-0.2, -0.15) is 0 Å². The van der Waals surface area contributed by atoms with Gasteiger partial charge in [0.15, 0.2) is 11.4 Å². The van der Waals surface area contributed by atoms with Gasteiger partial charge in [-0.05, 0) is 55.8 Å². The fourth-order valence-electron chi connectivity index (χ4n) is 4.53. The van der Waals surface area contributed by atoms with Gasteiger partial charge >= 0.3 is 11.9 Å². The lowest BCUT2D eigenvalue weighted by molar-refractivity contribution is -0.176. The van der Waals surface area contributed by atoms with Gasteiger partial charge in [-0.25, -0.2) is 9.59 Å². The van der Waals surface area contributed by atoms with Crippen LogP contribution in [0.2, 0.25) is 0 Å². The van der Waals surface area contributed by atoms with E-state index in [9.17, 15) is 19.5 Å². The summed E-state index contributed by atoms with van der Waals surface area (Å²) >= 11 is 0. The second-order valence-electron chi connectivity index (χ2n) is 8.70. The summed E-state index contributed by atoms with van der Waals surface area (Å²) in [5, 5.41) is 11.8. The second-order valence-corrected chi connectivity index (χ2v) is 8.70. The molecule has 186 valence electrons. The molecule has 2 fully saturated rings. The maximum absolute atomic E-state index is 13.5. The number of hydrogen-bond acceptors (Lipinski definition) is 9. The van der Waals surface area contributed by atoms with Crippen molar-refractivity contribution in [2.75, 3.05) is 32.8 Å². The fourth-order valence-corrected chi connectivity index (χ4v) is 4.53. The van der Waals surface area contributed by atoms with E-state index in [0.29, 0.717) is 11.4 Å². The van der Waals surface area contributed by atoms with Gasteiger partial charge in [-0.1, -0.05) is 6.07 Å². The molecule has 2 heterocycles. The summed E-state index contributed by atoms with van der Waals surface area (Å²) in [5.74, 6) is -2.50. The van der Waals surface area contributed by atoms with E-state index in [1.165, 1.54) is 44.4 Å². The van der Waals surface area contributed by atoms with Gasteiger partial charge in [0, 0.05) is 5.69 Å². The van der Waals surface area contributed by atoms with E-state index < -0.39 is 41.4 Å². The van der Waals surface area contributed by atoms with Gasteiger partial charge < -0.3 is 28.8 Å². The number of carbonyl (C=O) groups is 3. The van der Waals surface area contributed by atoms with Crippen LogP contribution in [0.3, 0.4) is 0 Å². The van der Waals surface area contributed by atoms with Gasteiger partial charge in [0.1, 0.15) is 17.9 Å². The number of ether oxygens (including phenoxy) is 5. The number of rotatable bonds is 6. The highest BCUT2D eigenvalue weighted by Crippen LogP contribution is 2.47. The highest BCUT2D eigenvalue weighted by molar-refractivity contribution is 6.10. The average molecular weight is 485 g/mol. The summed E-state index contributed by atoms with van der Waals surface area (Å²) in [4.78, 5) is 39.6. The molecule has 0 bridgehead atoms. The summed E-state index contributed by atoms with van der Waals surface area (Å²) in [6.45, 7) is 3.61. The standard InChI is InChI=1S/C25H27NO9/c1-24(2)34-13-19(35-24)20-25(30,23(29)26(20)15-7-9-16(31-3)10-8-15)14-6-11-17(21(27)32-4)18(12-14)22(28)33-5/h6-12,19-20,30H,13H2,1-5H3/t19-,20+,25-/m1/s1. The van der Waals surface area contributed by atoms with Crippen molar-refractivity contribution in [3.05, 3.63) is 59.2 Å². The minimum atomic E-state index is -2.06. The number of aliphatic hydroxyl groups is 1. The van der Waals surface area contributed by atoms with Crippen molar-refractivity contribution in [3.63, 3.8) is 0 Å². The van der Waals surface area contributed by atoms with Gasteiger partial charge in [0.05, 0.1) is 39.1 Å². The van der Waals surface area contributed by atoms with Crippen molar-refractivity contribution in [3.8, 4) is 5.75 Å². The number of β-lactam (4-membered cyclic amide) rings is 1. The van der Waals surface area contributed by atoms with Crippen molar-refractivity contribution in [2.45, 2.75) is 37.4 Å². The van der Waals surface area contributed by atoms with E-state index >= 15 is 0 Å². The zero-order chi connectivity index (χ0) is 25.5. The predicted molar refractivity (Wildman–Crippen MR) is 122 cm³/mol. The molecule has 1 amide bonds. The Labute approximate surface area is 202 Å². The van der Waals surface area contributed by atoms with Crippen LogP contribution in [0.4, 0.5) is 5.69 Å². The molecule has 2 aliphatic heterocycles. The predicted octanol–water partition coefficient (Wildman–Crippen LogP) is 2.02. The lowest BCUT2D eigenvalue weighted by atomic mass is 9.73. The number of anilines is 1. The van der Waals surface area contributed by atoms with E-state index in [2.05, 4.69) is 0 Å². The van der Waals surface area contributed by atoms with Crippen molar-refractivity contribution in [1.82, 2.24) is 0 Å². The van der Waals surface area contributed by atoms with Crippen molar-refractivity contribution in [2.24, 2.45) is 0 Å². The third kappa shape index (κ3) is 4.03. The summed E-state index contributed by atoms with van der Waals surface area (Å²) in [6, 6.07) is 9.92.